The lowest BCUT2D eigenvalue weighted by Gasteiger charge is -2.19. The number of carbonyl (C=O) groups excluding carboxylic acids is 1. The average molecular weight is 518 g/mol. The van der Waals surface area contributed by atoms with Crippen molar-refractivity contribution in [3.8, 4) is 0 Å². The first-order valence-electron chi connectivity index (χ1n) is 8.38. The fraction of sp³-hybridized carbons (Fsp3) is 0.278. The van der Waals surface area contributed by atoms with E-state index in [0.29, 0.717) is 27.6 Å². The number of benzene rings is 2. The largest absolute Gasteiger partial charge is 0.312 e. The van der Waals surface area contributed by atoms with Gasteiger partial charge >= 0.3 is 0 Å². The molecule has 4 rings (SSSR count). The van der Waals surface area contributed by atoms with Crippen LogP contribution in [0.25, 0.3) is 0 Å². The van der Waals surface area contributed by atoms with Gasteiger partial charge in [0.2, 0.25) is 5.91 Å². The second-order valence-electron chi connectivity index (χ2n) is 6.66. The number of amides is 1. The first-order chi connectivity index (χ1) is 12.8. The smallest absolute Gasteiger partial charge is 0.263 e. The van der Waals surface area contributed by atoms with Gasteiger partial charge in [-0.1, -0.05) is 15.9 Å². The van der Waals surface area contributed by atoms with Crippen LogP contribution in [0, 0.1) is 11.7 Å². The summed E-state index contributed by atoms with van der Waals surface area (Å²) in [6.45, 7) is 0.551. The van der Waals surface area contributed by atoms with Crippen molar-refractivity contribution >= 4 is 59.2 Å². The molecule has 2 aromatic carbocycles. The van der Waals surface area contributed by atoms with E-state index in [9.17, 15) is 17.6 Å². The number of sulfonamides is 1. The van der Waals surface area contributed by atoms with Gasteiger partial charge in [0.05, 0.1) is 5.69 Å². The minimum Gasteiger partial charge on any atom is -0.312 e. The third kappa shape index (κ3) is 3.64. The first kappa shape index (κ1) is 18.9. The van der Waals surface area contributed by atoms with Crippen LogP contribution in [0.15, 0.2) is 44.2 Å². The SMILES string of the molecule is O=C(C1CC1)N1CCc2cc(Br)c(S(=O)(=O)Nc3ccc(Br)cc3F)cc21. The van der Waals surface area contributed by atoms with Gasteiger partial charge in [0.15, 0.2) is 0 Å². The van der Waals surface area contributed by atoms with E-state index in [2.05, 4.69) is 36.6 Å². The number of hydrogen-bond donors (Lipinski definition) is 1. The number of nitrogens with one attached hydrogen (secondary N) is 1. The zero-order chi connectivity index (χ0) is 19.3. The zero-order valence-corrected chi connectivity index (χ0v) is 18.0. The van der Waals surface area contributed by atoms with E-state index in [0.717, 1.165) is 18.4 Å². The Kier molecular flexibility index (Phi) is 4.80. The van der Waals surface area contributed by atoms with E-state index in [1.807, 2.05) is 0 Å². The van der Waals surface area contributed by atoms with E-state index in [1.54, 1.807) is 17.0 Å². The summed E-state index contributed by atoms with van der Waals surface area (Å²) in [4.78, 5) is 14.1. The fourth-order valence-corrected chi connectivity index (χ4v) is 5.66. The third-order valence-electron chi connectivity index (χ3n) is 4.69. The van der Waals surface area contributed by atoms with Crippen LogP contribution in [0.3, 0.4) is 0 Å². The van der Waals surface area contributed by atoms with E-state index >= 15 is 0 Å². The Balaban J connectivity index is 1.70. The van der Waals surface area contributed by atoms with Gasteiger partial charge in [-0.15, -0.1) is 0 Å². The summed E-state index contributed by atoms with van der Waals surface area (Å²) in [5.41, 5.74) is 1.40. The van der Waals surface area contributed by atoms with Crippen LogP contribution in [0.4, 0.5) is 15.8 Å². The number of rotatable bonds is 4. The van der Waals surface area contributed by atoms with Crippen molar-refractivity contribution in [3.63, 3.8) is 0 Å². The lowest BCUT2D eigenvalue weighted by Crippen LogP contribution is -2.30. The van der Waals surface area contributed by atoms with Crippen LogP contribution in [0.2, 0.25) is 0 Å². The minimum atomic E-state index is -4.04. The molecule has 1 N–H and O–H groups in total. The van der Waals surface area contributed by atoms with Crippen molar-refractivity contribution in [1.29, 1.82) is 0 Å². The van der Waals surface area contributed by atoms with E-state index in [4.69, 9.17) is 0 Å². The molecular formula is C18H15Br2FN2O3S. The molecule has 0 atom stereocenters. The molecule has 0 unspecified atom stereocenters. The Bertz CT molecular complexity index is 1050. The van der Waals surface area contributed by atoms with E-state index < -0.39 is 15.8 Å². The van der Waals surface area contributed by atoms with Crippen LogP contribution in [-0.4, -0.2) is 20.9 Å². The summed E-state index contributed by atoms with van der Waals surface area (Å²) in [7, 11) is -4.04. The number of hydrogen-bond acceptors (Lipinski definition) is 3. The van der Waals surface area contributed by atoms with E-state index in [-0.39, 0.29) is 22.4 Å². The molecule has 0 bridgehead atoms. The van der Waals surface area contributed by atoms with Crippen LogP contribution in [0.5, 0.6) is 0 Å². The Hall–Kier alpha value is -1.45. The second-order valence-corrected chi connectivity index (χ2v) is 10.1. The van der Waals surface area contributed by atoms with Crippen LogP contribution < -0.4 is 9.62 Å². The molecule has 1 aliphatic carbocycles. The zero-order valence-electron chi connectivity index (χ0n) is 14.0. The third-order valence-corrected chi connectivity index (χ3v) is 7.50. The predicted octanol–water partition coefficient (Wildman–Crippen LogP) is 4.45. The normalized spacial score (nSPS) is 16.3. The van der Waals surface area contributed by atoms with Gasteiger partial charge in [-0.2, -0.15) is 0 Å². The van der Waals surface area contributed by atoms with Gasteiger partial charge in [-0.05, 0) is 71.1 Å². The molecule has 5 nitrogen and oxygen atoms in total. The van der Waals surface area contributed by atoms with Gasteiger partial charge in [0, 0.05) is 27.1 Å². The van der Waals surface area contributed by atoms with Crippen LogP contribution in [-0.2, 0) is 21.2 Å². The number of nitrogens with zero attached hydrogens (tertiary/aromatic N) is 1. The van der Waals surface area contributed by atoms with Gasteiger partial charge in [-0.25, -0.2) is 12.8 Å². The summed E-state index contributed by atoms with van der Waals surface area (Å²) < 4.78 is 43.0. The molecule has 27 heavy (non-hydrogen) atoms. The molecule has 1 amide bonds. The molecule has 2 aromatic rings. The molecule has 0 radical (unpaired) electrons. The molecule has 1 fully saturated rings. The van der Waals surface area contributed by atoms with Crippen molar-refractivity contribution in [3.05, 3.63) is 50.7 Å². The quantitative estimate of drug-likeness (QED) is 0.651. The predicted molar refractivity (Wildman–Crippen MR) is 108 cm³/mol. The number of anilines is 2. The Labute approximate surface area is 173 Å². The molecule has 9 heteroatoms. The lowest BCUT2D eigenvalue weighted by atomic mass is 10.2. The summed E-state index contributed by atoms with van der Waals surface area (Å²) in [5, 5.41) is 0. The maximum Gasteiger partial charge on any atom is 0.263 e. The topological polar surface area (TPSA) is 66.5 Å². The molecule has 1 saturated carbocycles. The van der Waals surface area contributed by atoms with Gasteiger partial charge in [-0.3, -0.25) is 9.52 Å². The van der Waals surface area contributed by atoms with Crippen molar-refractivity contribution in [2.45, 2.75) is 24.2 Å². The van der Waals surface area contributed by atoms with E-state index in [1.165, 1.54) is 18.2 Å². The highest BCUT2D eigenvalue weighted by Gasteiger charge is 2.37. The fourth-order valence-electron chi connectivity index (χ4n) is 3.15. The van der Waals surface area contributed by atoms with Crippen molar-refractivity contribution < 1.29 is 17.6 Å². The van der Waals surface area contributed by atoms with Crippen molar-refractivity contribution in [2.24, 2.45) is 5.92 Å². The molecule has 0 saturated heterocycles. The average Bonchev–Trinajstić information content (AvgIpc) is 3.36. The highest BCUT2D eigenvalue weighted by atomic mass is 79.9. The molecule has 0 aromatic heterocycles. The molecule has 1 heterocycles. The highest BCUT2D eigenvalue weighted by molar-refractivity contribution is 9.10. The number of carbonyl (C=O) groups is 1. The number of fused-ring (bicyclic) bond motifs is 1. The van der Waals surface area contributed by atoms with Crippen LogP contribution >= 0.6 is 31.9 Å². The maximum absolute atomic E-state index is 14.1. The Morgan fingerprint density at radius 2 is 1.93 bits per heavy atom. The standard InChI is InChI=1S/C18H15Br2FN2O3S/c19-12-3-4-15(14(21)8-12)22-27(25,26)17-9-16-11(7-13(17)20)5-6-23(16)18(24)10-1-2-10/h3-4,7-10,22H,1-2,5-6H2. The van der Waals surface area contributed by atoms with Gasteiger partial charge in [0.25, 0.3) is 10.0 Å². The molecule has 2 aliphatic rings. The summed E-state index contributed by atoms with van der Waals surface area (Å²) in [6, 6.07) is 7.30. The van der Waals surface area contributed by atoms with Crippen molar-refractivity contribution in [2.75, 3.05) is 16.2 Å². The molecule has 1 aliphatic heterocycles. The highest BCUT2D eigenvalue weighted by Crippen LogP contribution is 2.40. The molecular weight excluding hydrogens is 503 g/mol. The first-order valence-corrected chi connectivity index (χ1v) is 11.4. The Morgan fingerprint density at radius 1 is 1.19 bits per heavy atom. The Morgan fingerprint density at radius 3 is 2.59 bits per heavy atom. The molecule has 142 valence electrons. The summed E-state index contributed by atoms with van der Waals surface area (Å²) in [6.07, 6.45) is 2.45. The lowest BCUT2D eigenvalue weighted by molar-refractivity contribution is -0.119. The summed E-state index contributed by atoms with van der Waals surface area (Å²) >= 11 is 6.44. The van der Waals surface area contributed by atoms with Gasteiger partial charge < -0.3 is 4.90 Å². The van der Waals surface area contributed by atoms with Crippen LogP contribution in [0.1, 0.15) is 18.4 Å². The van der Waals surface area contributed by atoms with Crippen molar-refractivity contribution in [1.82, 2.24) is 0 Å². The monoisotopic (exact) mass is 516 g/mol. The second kappa shape index (κ2) is 6.86. The number of halogens is 3. The molecule has 0 spiro atoms. The maximum atomic E-state index is 14.1. The minimum absolute atomic E-state index is 0.0286. The van der Waals surface area contributed by atoms with Gasteiger partial charge in [0.1, 0.15) is 10.7 Å². The summed E-state index contributed by atoms with van der Waals surface area (Å²) in [5.74, 6) is -0.586.